The number of amides is 3. The maximum atomic E-state index is 14.0. The average Bonchev–Trinajstić information content (AvgIpc) is 3.51. The fourth-order valence-electron chi connectivity index (χ4n) is 6.49. The number of morpholine rings is 1. The molecular weight excluding hydrogens is 452 g/mol. The molecule has 4 rings (SSSR count). The summed E-state index contributed by atoms with van der Waals surface area (Å²) >= 11 is 0. The molecule has 0 aromatic heterocycles. The maximum absolute atomic E-state index is 14.0. The van der Waals surface area contributed by atoms with Gasteiger partial charge in [0.2, 0.25) is 17.7 Å². The number of hydrogen-bond acceptors (Lipinski definition) is 7. The Hall–Kier alpha value is -1.75. The van der Waals surface area contributed by atoms with Crippen LogP contribution in [-0.4, -0.2) is 109 Å². The SMILES string of the molecule is CCCNC(=O)[C@@H]1[C@@H]2CCC3(O2)C(C(=O)NCCN2CCOCC2)N([C@@H](CO)[C@@H](C)CC)C(=O)[C@H]13. The molecule has 2 unspecified atom stereocenters. The van der Waals surface area contributed by atoms with Crippen LogP contribution in [0.1, 0.15) is 46.5 Å². The van der Waals surface area contributed by atoms with Crippen molar-refractivity contribution in [2.75, 3.05) is 52.5 Å². The Morgan fingerprint density at radius 2 is 1.89 bits per heavy atom. The van der Waals surface area contributed by atoms with Crippen LogP contribution >= 0.6 is 0 Å². The largest absolute Gasteiger partial charge is 0.394 e. The molecule has 10 heteroatoms. The quantitative estimate of drug-likeness (QED) is 0.362. The minimum atomic E-state index is -1.03. The third-order valence-electron chi connectivity index (χ3n) is 8.51. The number of likely N-dealkylation sites (tertiary alicyclic amines) is 1. The fourth-order valence-corrected chi connectivity index (χ4v) is 6.49. The lowest BCUT2D eigenvalue weighted by atomic mass is 9.70. The van der Waals surface area contributed by atoms with Gasteiger partial charge in [0.1, 0.15) is 11.6 Å². The highest BCUT2D eigenvalue weighted by atomic mass is 16.5. The van der Waals surface area contributed by atoms with Crippen molar-refractivity contribution >= 4 is 17.7 Å². The third kappa shape index (κ3) is 4.70. The smallest absolute Gasteiger partial charge is 0.245 e. The van der Waals surface area contributed by atoms with E-state index in [0.717, 1.165) is 25.9 Å². The van der Waals surface area contributed by atoms with Gasteiger partial charge >= 0.3 is 0 Å². The number of aliphatic hydroxyl groups is 1. The standard InChI is InChI=1S/C25H42N4O6/c1-4-8-26-22(31)19-18-6-7-25(35-18)20(19)24(33)29(17(15-30)16(3)5-2)21(25)23(32)27-9-10-28-11-13-34-14-12-28/h16-21,30H,4-15H2,1-3H3,(H,26,31)(H,27,32)/t16-,17-,18-,19+,20-,21?,25?/m0/s1. The lowest BCUT2D eigenvalue weighted by Gasteiger charge is -2.39. The Bertz CT molecular complexity index is 790. The van der Waals surface area contributed by atoms with Crippen LogP contribution in [0.3, 0.4) is 0 Å². The summed E-state index contributed by atoms with van der Waals surface area (Å²) in [6.07, 6.45) is 2.40. The summed E-state index contributed by atoms with van der Waals surface area (Å²) in [5, 5.41) is 16.3. The molecule has 198 valence electrons. The van der Waals surface area contributed by atoms with E-state index < -0.39 is 29.5 Å². The highest BCUT2D eigenvalue weighted by molar-refractivity contribution is 5.99. The highest BCUT2D eigenvalue weighted by Gasteiger charge is 2.75. The molecule has 4 saturated heterocycles. The maximum Gasteiger partial charge on any atom is 0.245 e. The number of nitrogens with zero attached hydrogens (tertiary/aromatic N) is 2. The van der Waals surface area contributed by atoms with Crippen LogP contribution in [-0.2, 0) is 23.9 Å². The monoisotopic (exact) mass is 494 g/mol. The molecule has 35 heavy (non-hydrogen) atoms. The predicted molar refractivity (Wildman–Crippen MR) is 128 cm³/mol. The molecular formula is C25H42N4O6. The van der Waals surface area contributed by atoms with Crippen molar-refractivity contribution in [3.05, 3.63) is 0 Å². The van der Waals surface area contributed by atoms with Crippen molar-refractivity contribution in [2.24, 2.45) is 17.8 Å². The van der Waals surface area contributed by atoms with E-state index in [9.17, 15) is 19.5 Å². The van der Waals surface area contributed by atoms with Crippen LogP contribution in [0.15, 0.2) is 0 Å². The van der Waals surface area contributed by atoms with Gasteiger partial charge in [-0.15, -0.1) is 0 Å². The first kappa shape index (κ1) is 26.3. The summed E-state index contributed by atoms with van der Waals surface area (Å²) in [5.74, 6) is -1.98. The number of carbonyl (C=O) groups excluding carboxylic acids is 3. The molecule has 4 heterocycles. The van der Waals surface area contributed by atoms with Crippen LogP contribution in [0.4, 0.5) is 0 Å². The zero-order valence-corrected chi connectivity index (χ0v) is 21.3. The van der Waals surface area contributed by atoms with E-state index in [-0.39, 0.29) is 36.4 Å². The molecule has 10 nitrogen and oxygen atoms in total. The molecule has 0 aromatic carbocycles. The first-order chi connectivity index (χ1) is 16.9. The summed E-state index contributed by atoms with van der Waals surface area (Å²) < 4.78 is 11.8. The van der Waals surface area contributed by atoms with Crippen LogP contribution in [0.2, 0.25) is 0 Å². The number of rotatable bonds is 11. The summed E-state index contributed by atoms with van der Waals surface area (Å²) in [7, 11) is 0. The summed E-state index contributed by atoms with van der Waals surface area (Å²) in [6.45, 7) is 10.5. The molecule has 7 atom stereocenters. The Morgan fingerprint density at radius 3 is 2.54 bits per heavy atom. The highest BCUT2D eigenvalue weighted by Crippen LogP contribution is 2.59. The molecule has 2 bridgehead atoms. The van der Waals surface area contributed by atoms with E-state index in [4.69, 9.17) is 9.47 Å². The van der Waals surface area contributed by atoms with Gasteiger partial charge in [-0.25, -0.2) is 0 Å². The van der Waals surface area contributed by atoms with E-state index in [1.807, 2.05) is 20.8 Å². The minimum Gasteiger partial charge on any atom is -0.394 e. The van der Waals surface area contributed by atoms with Gasteiger partial charge in [-0.3, -0.25) is 19.3 Å². The first-order valence-electron chi connectivity index (χ1n) is 13.4. The van der Waals surface area contributed by atoms with Crippen molar-refractivity contribution < 1.29 is 29.0 Å². The van der Waals surface area contributed by atoms with E-state index >= 15 is 0 Å². The molecule has 3 N–H and O–H groups in total. The van der Waals surface area contributed by atoms with E-state index in [2.05, 4.69) is 15.5 Å². The van der Waals surface area contributed by atoms with E-state index in [1.54, 1.807) is 4.90 Å². The summed E-state index contributed by atoms with van der Waals surface area (Å²) in [4.78, 5) is 44.6. The van der Waals surface area contributed by atoms with Gasteiger partial charge in [-0.05, 0) is 25.2 Å². The number of fused-ring (bicyclic) bond motifs is 1. The average molecular weight is 495 g/mol. The second kappa shape index (κ2) is 11.1. The van der Waals surface area contributed by atoms with Gasteiger partial charge in [-0.2, -0.15) is 0 Å². The molecule has 3 amide bonds. The number of aliphatic hydroxyl groups excluding tert-OH is 1. The van der Waals surface area contributed by atoms with Crippen LogP contribution in [0.25, 0.3) is 0 Å². The lowest BCUT2D eigenvalue weighted by Crippen LogP contribution is -2.59. The van der Waals surface area contributed by atoms with E-state index in [1.165, 1.54) is 0 Å². The number of nitrogens with one attached hydrogen (secondary N) is 2. The summed E-state index contributed by atoms with van der Waals surface area (Å²) in [6, 6.07) is -1.37. The van der Waals surface area contributed by atoms with Crippen LogP contribution < -0.4 is 10.6 Å². The van der Waals surface area contributed by atoms with Crippen LogP contribution in [0, 0.1) is 17.8 Å². The molecule has 0 saturated carbocycles. The lowest BCUT2D eigenvalue weighted by molar-refractivity contribution is -0.147. The Morgan fingerprint density at radius 1 is 1.17 bits per heavy atom. The van der Waals surface area contributed by atoms with Gasteiger partial charge in [0.05, 0.1) is 43.8 Å². The topological polar surface area (TPSA) is 120 Å². The van der Waals surface area contributed by atoms with Crippen molar-refractivity contribution in [2.45, 2.75) is 70.2 Å². The number of hydrogen-bond donors (Lipinski definition) is 3. The van der Waals surface area contributed by atoms with E-state index in [0.29, 0.717) is 45.7 Å². The molecule has 4 aliphatic rings. The van der Waals surface area contributed by atoms with Crippen LogP contribution in [0.5, 0.6) is 0 Å². The molecule has 0 aromatic rings. The van der Waals surface area contributed by atoms with Gasteiger partial charge in [0, 0.05) is 32.7 Å². The number of carbonyl (C=O) groups is 3. The van der Waals surface area contributed by atoms with Crippen molar-refractivity contribution in [3.8, 4) is 0 Å². The van der Waals surface area contributed by atoms with Crippen molar-refractivity contribution in [1.29, 1.82) is 0 Å². The Kier molecular flexibility index (Phi) is 8.35. The number of ether oxygens (including phenoxy) is 2. The third-order valence-corrected chi connectivity index (χ3v) is 8.51. The van der Waals surface area contributed by atoms with Gasteiger partial charge in [-0.1, -0.05) is 27.2 Å². The molecule has 0 aliphatic carbocycles. The normalized spacial score (nSPS) is 34.1. The fraction of sp³-hybridized carbons (Fsp3) is 0.880. The van der Waals surface area contributed by atoms with Crippen molar-refractivity contribution in [3.63, 3.8) is 0 Å². The second-order valence-electron chi connectivity index (χ2n) is 10.5. The van der Waals surface area contributed by atoms with Gasteiger partial charge in [0.15, 0.2) is 0 Å². The minimum absolute atomic E-state index is 0.00704. The first-order valence-corrected chi connectivity index (χ1v) is 13.4. The molecule has 1 spiro atoms. The predicted octanol–water partition coefficient (Wildman–Crippen LogP) is -0.257. The molecule has 4 aliphatic heterocycles. The molecule has 0 radical (unpaired) electrons. The Balaban J connectivity index is 1.59. The van der Waals surface area contributed by atoms with Gasteiger partial charge in [0.25, 0.3) is 0 Å². The second-order valence-corrected chi connectivity index (χ2v) is 10.5. The zero-order valence-electron chi connectivity index (χ0n) is 21.3. The Labute approximate surface area is 208 Å². The summed E-state index contributed by atoms with van der Waals surface area (Å²) in [5.41, 5.74) is -1.03. The van der Waals surface area contributed by atoms with Crippen molar-refractivity contribution in [1.82, 2.24) is 20.4 Å². The zero-order chi connectivity index (χ0) is 25.2. The van der Waals surface area contributed by atoms with Gasteiger partial charge < -0.3 is 30.1 Å². The molecule has 4 fully saturated rings.